The smallest absolute Gasteiger partial charge is 0.248 e. The number of methoxy groups -OCH3 is 5. The lowest BCUT2D eigenvalue weighted by Crippen LogP contribution is -2.09. The summed E-state index contributed by atoms with van der Waals surface area (Å²) in [5.74, 6) is 2.25. The van der Waals surface area contributed by atoms with Crippen LogP contribution in [-0.4, -0.2) is 46.6 Å². The maximum absolute atomic E-state index is 12.6. The molecule has 0 saturated carbocycles. The van der Waals surface area contributed by atoms with Gasteiger partial charge in [0.2, 0.25) is 11.7 Å². The Morgan fingerprint density at radius 3 is 1.67 bits per heavy atom. The van der Waals surface area contributed by atoms with E-state index in [1.54, 1.807) is 63.8 Å². The molecule has 3 rings (SSSR count). The number of carbonyl (C=O) groups excluding carboxylic acids is 1. The summed E-state index contributed by atoms with van der Waals surface area (Å²) in [7, 11) is 7.70. The number of amides is 1. The number of anilines is 1. The van der Waals surface area contributed by atoms with Gasteiger partial charge in [0.15, 0.2) is 23.0 Å². The van der Waals surface area contributed by atoms with E-state index in [9.17, 15) is 9.90 Å². The van der Waals surface area contributed by atoms with Crippen LogP contribution in [0.5, 0.6) is 34.5 Å². The predicted octanol–water partition coefficient (Wildman–Crippen LogP) is 5.26. The number of hydrogen-bond acceptors (Lipinski definition) is 7. The van der Waals surface area contributed by atoms with Gasteiger partial charge in [-0.3, -0.25) is 4.79 Å². The van der Waals surface area contributed by atoms with Crippen LogP contribution in [0.15, 0.2) is 54.6 Å². The highest BCUT2D eigenvalue weighted by atomic mass is 16.5. The standard InChI is InChI=1S/C28H29NO7/c1-32-23-15-19(6-7-20-16-24(33-2)28(36-5)25(17-20)34-3)14-22(27(23)35-4)29-26(31)13-10-18-8-11-21(30)12-9-18/h6-17,30H,1-5H3,(H,29,31)/b7-6+,13-10+. The Bertz CT molecular complexity index is 1240. The van der Waals surface area contributed by atoms with Crippen LogP contribution < -0.4 is 29.0 Å². The largest absolute Gasteiger partial charge is 0.508 e. The molecule has 0 atom stereocenters. The Morgan fingerprint density at radius 1 is 0.667 bits per heavy atom. The van der Waals surface area contributed by atoms with Crippen LogP contribution in [0.2, 0.25) is 0 Å². The number of carbonyl (C=O) groups is 1. The summed E-state index contributed by atoms with van der Waals surface area (Å²) in [4.78, 5) is 12.6. The van der Waals surface area contributed by atoms with Crippen LogP contribution in [0.4, 0.5) is 5.69 Å². The number of phenols is 1. The van der Waals surface area contributed by atoms with Crippen molar-refractivity contribution in [3.63, 3.8) is 0 Å². The minimum Gasteiger partial charge on any atom is -0.508 e. The molecule has 0 bridgehead atoms. The molecular weight excluding hydrogens is 462 g/mol. The fraction of sp³-hybridized carbons (Fsp3) is 0.179. The number of ether oxygens (including phenoxy) is 5. The molecule has 0 spiro atoms. The molecule has 1 amide bonds. The average molecular weight is 492 g/mol. The first-order valence-corrected chi connectivity index (χ1v) is 10.9. The monoisotopic (exact) mass is 491 g/mol. The lowest BCUT2D eigenvalue weighted by molar-refractivity contribution is -0.111. The van der Waals surface area contributed by atoms with Crippen molar-refractivity contribution in [3.05, 3.63) is 71.3 Å². The molecule has 0 saturated heterocycles. The molecule has 3 aromatic rings. The lowest BCUT2D eigenvalue weighted by atomic mass is 10.1. The van der Waals surface area contributed by atoms with Crippen LogP contribution in [-0.2, 0) is 4.79 Å². The van der Waals surface area contributed by atoms with E-state index >= 15 is 0 Å². The normalized spacial score (nSPS) is 10.9. The zero-order valence-electron chi connectivity index (χ0n) is 20.8. The first-order chi connectivity index (χ1) is 17.4. The van der Waals surface area contributed by atoms with E-state index in [2.05, 4.69) is 5.32 Å². The zero-order valence-corrected chi connectivity index (χ0v) is 20.8. The maximum Gasteiger partial charge on any atom is 0.248 e. The highest BCUT2D eigenvalue weighted by Gasteiger charge is 2.14. The first kappa shape index (κ1) is 26.0. The minimum absolute atomic E-state index is 0.157. The van der Waals surface area contributed by atoms with Gasteiger partial charge in [0.25, 0.3) is 0 Å². The molecule has 0 aliphatic heterocycles. The van der Waals surface area contributed by atoms with Crippen molar-refractivity contribution in [2.75, 3.05) is 40.9 Å². The van der Waals surface area contributed by atoms with Crippen LogP contribution in [0, 0.1) is 0 Å². The second-order valence-electron chi connectivity index (χ2n) is 7.51. The molecule has 188 valence electrons. The van der Waals surface area contributed by atoms with Gasteiger partial charge < -0.3 is 34.1 Å². The van der Waals surface area contributed by atoms with Gasteiger partial charge in [-0.15, -0.1) is 0 Å². The lowest BCUT2D eigenvalue weighted by Gasteiger charge is -2.14. The van der Waals surface area contributed by atoms with Gasteiger partial charge in [0, 0.05) is 6.08 Å². The van der Waals surface area contributed by atoms with Crippen molar-refractivity contribution in [3.8, 4) is 34.5 Å². The zero-order chi connectivity index (χ0) is 26.1. The van der Waals surface area contributed by atoms with E-state index in [0.717, 1.165) is 16.7 Å². The van der Waals surface area contributed by atoms with E-state index < -0.39 is 0 Å². The number of nitrogens with one attached hydrogen (secondary N) is 1. The molecule has 0 unspecified atom stereocenters. The summed E-state index contributed by atoms with van der Waals surface area (Å²) in [5, 5.41) is 12.2. The molecule has 0 aliphatic carbocycles. The Morgan fingerprint density at radius 2 is 1.17 bits per heavy atom. The van der Waals surface area contributed by atoms with Crippen LogP contribution >= 0.6 is 0 Å². The summed E-state index contributed by atoms with van der Waals surface area (Å²) in [5.41, 5.74) is 2.80. The van der Waals surface area contributed by atoms with E-state index in [-0.39, 0.29) is 11.7 Å². The van der Waals surface area contributed by atoms with Crippen molar-refractivity contribution in [2.45, 2.75) is 0 Å². The fourth-order valence-corrected chi connectivity index (χ4v) is 3.50. The number of rotatable bonds is 10. The molecule has 36 heavy (non-hydrogen) atoms. The predicted molar refractivity (Wildman–Crippen MR) is 140 cm³/mol. The molecule has 0 aliphatic rings. The van der Waals surface area contributed by atoms with Gasteiger partial charge >= 0.3 is 0 Å². The molecule has 8 heteroatoms. The van der Waals surface area contributed by atoms with Crippen molar-refractivity contribution < 1.29 is 33.6 Å². The molecule has 3 aromatic carbocycles. The Balaban J connectivity index is 1.90. The summed E-state index contributed by atoms with van der Waals surface area (Å²) in [6.45, 7) is 0. The molecule has 2 N–H and O–H groups in total. The van der Waals surface area contributed by atoms with Crippen LogP contribution in [0.25, 0.3) is 18.2 Å². The summed E-state index contributed by atoms with van der Waals surface area (Å²) >= 11 is 0. The fourth-order valence-electron chi connectivity index (χ4n) is 3.50. The first-order valence-electron chi connectivity index (χ1n) is 10.9. The second kappa shape index (κ2) is 12.2. The minimum atomic E-state index is -0.353. The maximum atomic E-state index is 12.6. The Kier molecular flexibility index (Phi) is 8.83. The van der Waals surface area contributed by atoms with Crippen molar-refractivity contribution in [1.29, 1.82) is 0 Å². The van der Waals surface area contributed by atoms with Crippen molar-refractivity contribution in [2.24, 2.45) is 0 Å². The van der Waals surface area contributed by atoms with Gasteiger partial charge in [-0.1, -0.05) is 24.3 Å². The van der Waals surface area contributed by atoms with Gasteiger partial charge in [-0.25, -0.2) is 0 Å². The SMILES string of the molecule is COc1cc(/C=C/c2cc(OC)c(OC)c(OC)c2)cc(NC(=O)/C=C/c2ccc(O)cc2)c1OC. The van der Waals surface area contributed by atoms with Gasteiger partial charge in [-0.05, 0) is 59.2 Å². The van der Waals surface area contributed by atoms with Crippen molar-refractivity contribution in [1.82, 2.24) is 0 Å². The third kappa shape index (κ3) is 6.29. The van der Waals surface area contributed by atoms with Crippen LogP contribution in [0.3, 0.4) is 0 Å². The van der Waals surface area contributed by atoms with Crippen molar-refractivity contribution >= 4 is 29.8 Å². The number of phenolic OH excluding ortho intramolecular Hbond substituents is 1. The van der Waals surface area contributed by atoms with E-state index in [1.807, 2.05) is 24.3 Å². The number of hydrogen-bond donors (Lipinski definition) is 2. The van der Waals surface area contributed by atoms with Gasteiger partial charge in [-0.2, -0.15) is 0 Å². The Hall–Kier alpha value is -4.59. The highest BCUT2D eigenvalue weighted by molar-refractivity contribution is 6.03. The molecule has 0 aromatic heterocycles. The molecule has 8 nitrogen and oxygen atoms in total. The topological polar surface area (TPSA) is 95.5 Å². The molecule has 0 heterocycles. The molecule has 0 radical (unpaired) electrons. The Labute approximate surface area is 210 Å². The third-order valence-electron chi connectivity index (χ3n) is 5.23. The summed E-state index contributed by atoms with van der Waals surface area (Å²) in [6, 6.07) is 13.8. The van der Waals surface area contributed by atoms with Gasteiger partial charge in [0.05, 0.1) is 41.2 Å². The quantitative estimate of drug-likeness (QED) is 0.295. The van der Waals surface area contributed by atoms with E-state index in [4.69, 9.17) is 23.7 Å². The number of aromatic hydroxyl groups is 1. The summed E-state index contributed by atoms with van der Waals surface area (Å²) < 4.78 is 27.2. The molecular formula is C28H29NO7. The van der Waals surface area contributed by atoms with E-state index in [1.165, 1.54) is 20.3 Å². The average Bonchev–Trinajstić information content (AvgIpc) is 2.90. The second-order valence-corrected chi connectivity index (χ2v) is 7.51. The third-order valence-corrected chi connectivity index (χ3v) is 5.23. The van der Waals surface area contributed by atoms with E-state index in [0.29, 0.717) is 34.4 Å². The summed E-state index contributed by atoms with van der Waals surface area (Å²) in [6.07, 6.45) is 6.79. The number of benzene rings is 3. The highest BCUT2D eigenvalue weighted by Crippen LogP contribution is 2.40. The molecule has 0 fully saturated rings. The van der Waals surface area contributed by atoms with Crippen LogP contribution in [0.1, 0.15) is 16.7 Å². The van der Waals surface area contributed by atoms with Gasteiger partial charge in [0.1, 0.15) is 5.75 Å².